The molecule has 6 nitrogen and oxygen atoms in total. The summed E-state index contributed by atoms with van der Waals surface area (Å²) in [4.78, 5) is 3.76. The van der Waals surface area contributed by atoms with E-state index in [1.807, 2.05) is 0 Å². The van der Waals surface area contributed by atoms with E-state index in [1.54, 1.807) is 19.7 Å². The number of guanidine groups is 1. The minimum absolute atomic E-state index is 0.0341. The number of rotatable bonds is 5. The van der Waals surface area contributed by atoms with Crippen LogP contribution in [0.3, 0.4) is 0 Å². The van der Waals surface area contributed by atoms with Gasteiger partial charge in [0, 0.05) is 14.2 Å². The summed E-state index contributed by atoms with van der Waals surface area (Å²) >= 11 is 0. The van der Waals surface area contributed by atoms with Crippen molar-refractivity contribution in [2.24, 2.45) is 10.7 Å². The van der Waals surface area contributed by atoms with Gasteiger partial charge in [0.05, 0.1) is 13.2 Å². The SMILES string of the molecule is COCC(CN=C(N)NO)OC. The van der Waals surface area contributed by atoms with Crippen molar-refractivity contribution in [3.8, 4) is 0 Å². The van der Waals surface area contributed by atoms with Gasteiger partial charge >= 0.3 is 0 Å². The quantitative estimate of drug-likeness (QED) is 0.283. The van der Waals surface area contributed by atoms with Crippen LogP contribution in [0.25, 0.3) is 0 Å². The molecule has 0 amide bonds. The third-order valence-corrected chi connectivity index (χ3v) is 1.27. The van der Waals surface area contributed by atoms with E-state index < -0.39 is 0 Å². The Bertz CT molecular complexity index is 140. The van der Waals surface area contributed by atoms with Crippen LogP contribution in [0.1, 0.15) is 0 Å². The van der Waals surface area contributed by atoms with E-state index in [1.165, 1.54) is 0 Å². The Morgan fingerprint density at radius 2 is 2.33 bits per heavy atom. The van der Waals surface area contributed by atoms with Crippen molar-refractivity contribution in [1.29, 1.82) is 0 Å². The monoisotopic (exact) mass is 177 g/mol. The maximum atomic E-state index is 8.27. The lowest BCUT2D eigenvalue weighted by Crippen LogP contribution is -2.31. The Hall–Kier alpha value is -0.850. The Labute approximate surface area is 71.3 Å². The van der Waals surface area contributed by atoms with Crippen molar-refractivity contribution in [3.63, 3.8) is 0 Å². The van der Waals surface area contributed by atoms with Crippen LogP contribution >= 0.6 is 0 Å². The highest BCUT2D eigenvalue weighted by Gasteiger charge is 2.04. The molecule has 72 valence electrons. The largest absolute Gasteiger partial charge is 0.382 e. The highest BCUT2D eigenvalue weighted by Crippen LogP contribution is 1.90. The first-order chi connectivity index (χ1) is 5.74. The molecule has 0 aromatic heterocycles. The molecule has 0 aliphatic rings. The third-order valence-electron chi connectivity index (χ3n) is 1.27. The molecule has 0 aromatic carbocycles. The maximum absolute atomic E-state index is 8.27. The van der Waals surface area contributed by atoms with Gasteiger partial charge < -0.3 is 15.2 Å². The number of aliphatic imine (C=N–C) groups is 1. The van der Waals surface area contributed by atoms with Crippen molar-refractivity contribution in [2.45, 2.75) is 6.10 Å². The average Bonchev–Trinajstić information content (AvgIpc) is 2.11. The predicted octanol–water partition coefficient (Wildman–Crippen LogP) is -1.06. The number of nitrogens with one attached hydrogen (secondary N) is 1. The van der Waals surface area contributed by atoms with Crippen molar-refractivity contribution in [1.82, 2.24) is 5.48 Å². The Morgan fingerprint density at radius 1 is 1.67 bits per heavy atom. The first kappa shape index (κ1) is 11.2. The van der Waals surface area contributed by atoms with Crippen LogP contribution in [-0.2, 0) is 9.47 Å². The summed E-state index contributed by atoms with van der Waals surface area (Å²) in [7, 11) is 3.13. The molecule has 0 radical (unpaired) electrons. The van der Waals surface area contributed by atoms with Gasteiger partial charge in [0.25, 0.3) is 0 Å². The van der Waals surface area contributed by atoms with Crippen molar-refractivity contribution >= 4 is 5.96 Å². The Kier molecular flexibility index (Phi) is 6.35. The molecule has 0 aliphatic heterocycles. The Balaban J connectivity index is 3.70. The van der Waals surface area contributed by atoms with Crippen molar-refractivity contribution in [2.75, 3.05) is 27.4 Å². The Morgan fingerprint density at radius 3 is 2.75 bits per heavy atom. The molecule has 0 fully saturated rings. The number of hydroxylamine groups is 1. The van der Waals surface area contributed by atoms with E-state index in [0.29, 0.717) is 13.2 Å². The lowest BCUT2D eigenvalue weighted by molar-refractivity contribution is 0.0342. The van der Waals surface area contributed by atoms with E-state index in [-0.39, 0.29) is 12.1 Å². The number of nitrogens with two attached hydrogens (primary N) is 1. The second-order valence-corrected chi connectivity index (χ2v) is 2.15. The predicted molar refractivity (Wildman–Crippen MR) is 44.1 cm³/mol. The summed E-state index contributed by atoms with van der Waals surface area (Å²) in [5.74, 6) is -0.0341. The molecular formula is C6H15N3O3. The molecule has 12 heavy (non-hydrogen) atoms. The van der Waals surface area contributed by atoms with Gasteiger partial charge in [-0.05, 0) is 0 Å². The number of ether oxygens (including phenoxy) is 2. The molecule has 0 heterocycles. The van der Waals surface area contributed by atoms with E-state index in [4.69, 9.17) is 20.4 Å². The minimum Gasteiger partial charge on any atom is -0.382 e. The zero-order valence-corrected chi connectivity index (χ0v) is 7.28. The number of hydrogen-bond donors (Lipinski definition) is 3. The molecule has 0 saturated heterocycles. The molecule has 6 heteroatoms. The highest BCUT2D eigenvalue weighted by molar-refractivity contribution is 5.76. The minimum atomic E-state index is -0.137. The smallest absolute Gasteiger partial charge is 0.212 e. The maximum Gasteiger partial charge on any atom is 0.212 e. The second kappa shape index (κ2) is 6.84. The zero-order valence-electron chi connectivity index (χ0n) is 7.28. The van der Waals surface area contributed by atoms with Crippen molar-refractivity contribution < 1.29 is 14.7 Å². The van der Waals surface area contributed by atoms with Crippen LogP contribution < -0.4 is 11.2 Å². The zero-order chi connectivity index (χ0) is 9.40. The summed E-state index contributed by atoms with van der Waals surface area (Å²) in [6, 6.07) is 0. The van der Waals surface area contributed by atoms with Gasteiger partial charge in [-0.2, -0.15) is 0 Å². The van der Waals surface area contributed by atoms with Crippen LogP contribution in [0.5, 0.6) is 0 Å². The highest BCUT2D eigenvalue weighted by atomic mass is 16.5. The van der Waals surface area contributed by atoms with Gasteiger partial charge in [0.1, 0.15) is 6.10 Å². The van der Waals surface area contributed by atoms with Crippen LogP contribution in [0, 0.1) is 0 Å². The van der Waals surface area contributed by atoms with Crippen molar-refractivity contribution in [3.05, 3.63) is 0 Å². The lowest BCUT2D eigenvalue weighted by Gasteiger charge is -2.11. The number of methoxy groups -OCH3 is 2. The molecule has 0 spiro atoms. The van der Waals surface area contributed by atoms with Gasteiger partial charge in [0.2, 0.25) is 5.96 Å². The van der Waals surface area contributed by atoms with Crippen LogP contribution in [0.2, 0.25) is 0 Å². The number of nitrogens with zero attached hydrogens (tertiary/aromatic N) is 1. The summed E-state index contributed by atoms with van der Waals surface area (Å²) in [5, 5.41) is 8.27. The van der Waals surface area contributed by atoms with Gasteiger partial charge in [-0.1, -0.05) is 0 Å². The molecule has 0 rings (SSSR count). The van der Waals surface area contributed by atoms with Gasteiger partial charge in [-0.3, -0.25) is 5.21 Å². The van der Waals surface area contributed by atoms with E-state index >= 15 is 0 Å². The van der Waals surface area contributed by atoms with Gasteiger partial charge in [0.15, 0.2) is 0 Å². The molecule has 4 N–H and O–H groups in total. The fourth-order valence-corrected chi connectivity index (χ4v) is 0.617. The topological polar surface area (TPSA) is 89.1 Å². The summed E-state index contributed by atoms with van der Waals surface area (Å²) in [6.45, 7) is 0.794. The molecule has 0 saturated carbocycles. The second-order valence-electron chi connectivity index (χ2n) is 2.15. The first-order valence-electron chi connectivity index (χ1n) is 3.46. The lowest BCUT2D eigenvalue weighted by atomic mass is 10.4. The van der Waals surface area contributed by atoms with Gasteiger partial charge in [-0.15, -0.1) is 0 Å². The van der Waals surface area contributed by atoms with Crippen LogP contribution in [0.4, 0.5) is 0 Å². The summed E-state index contributed by atoms with van der Waals surface area (Å²) in [5.41, 5.74) is 6.88. The normalized spacial score (nSPS) is 14.4. The van der Waals surface area contributed by atoms with E-state index in [9.17, 15) is 0 Å². The fourth-order valence-electron chi connectivity index (χ4n) is 0.617. The molecule has 1 atom stereocenters. The van der Waals surface area contributed by atoms with Crippen LogP contribution in [0.15, 0.2) is 4.99 Å². The molecular weight excluding hydrogens is 162 g/mol. The molecule has 0 aliphatic carbocycles. The standard InChI is InChI=1S/C6H15N3O3/c1-11-4-5(12-2)3-8-6(7)9-10/h5,10H,3-4H2,1-2H3,(H3,7,8,9). The average molecular weight is 177 g/mol. The van der Waals surface area contributed by atoms with Gasteiger partial charge in [-0.25, -0.2) is 10.5 Å². The van der Waals surface area contributed by atoms with E-state index in [0.717, 1.165) is 0 Å². The van der Waals surface area contributed by atoms with Crippen LogP contribution in [-0.4, -0.2) is 44.6 Å². The third kappa shape index (κ3) is 4.89. The summed E-state index contributed by atoms with van der Waals surface area (Å²) in [6.07, 6.45) is -0.137. The molecule has 0 bridgehead atoms. The molecule has 1 unspecified atom stereocenters. The first-order valence-corrected chi connectivity index (χ1v) is 3.46. The summed E-state index contributed by atoms with van der Waals surface area (Å²) < 4.78 is 9.83. The fraction of sp³-hybridized carbons (Fsp3) is 0.833. The number of hydrogen-bond acceptors (Lipinski definition) is 4. The molecule has 0 aromatic rings. The van der Waals surface area contributed by atoms with E-state index in [2.05, 4.69) is 4.99 Å².